The van der Waals surface area contributed by atoms with Crippen LogP contribution >= 0.6 is 0 Å². The number of esters is 1. The summed E-state index contributed by atoms with van der Waals surface area (Å²) >= 11 is 0. The molecule has 1 aromatic rings. The van der Waals surface area contributed by atoms with E-state index in [2.05, 4.69) is 16.0 Å². The molecule has 5 amide bonds. The molecule has 69 heavy (non-hydrogen) atoms. The third-order valence-electron chi connectivity index (χ3n) is 12.9. The molecular weight excluding hydrogens is 885 g/mol. The first kappa shape index (κ1) is 61.0. The SMILES string of the molecule is CC[C@H](C)[C@@H]([C@@H](CC(=O)N1CCC[C@H]1[C@H](OC)[C@@H](C)C(=O)N[C@H](Cc1ccccc1)C(=O)NCCOCCOCCCC(=O)OC(C)(C)C)OC)N(C)C(=O)[C@H](NC(=O)[C@H](C(C)C)N(C)C)C(C)C. The van der Waals surface area contributed by atoms with Crippen molar-refractivity contribution < 1.29 is 52.5 Å². The van der Waals surface area contributed by atoms with E-state index in [0.29, 0.717) is 52.0 Å². The number of likely N-dealkylation sites (N-methyl/N-ethyl adjacent to an activating group) is 2. The van der Waals surface area contributed by atoms with Gasteiger partial charge >= 0.3 is 5.97 Å². The maximum absolute atomic E-state index is 14.4. The van der Waals surface area contributed by atoms with Crippen LogP contribution in [0.4, 0.5) is 0 Å². The molecular formula is C52H90N6O11. The zero-order valence-corrected chi connectivity index (χ0v) is 44.8. The molecule has 1 aromatic carbocycles. The second-order valence-electron chi connectivity index (χ2n) is 20.4. The molecule has 0 unspecified atom stereocenters. The van der Waals surface area contributed by atoms with Gasteiger partial charge in [-0.1, -0.05) is 85.2 Å². The number of carbonyl (C=O) groups is 6. The first-order valence-corrected chi connectivity index (χ1v) is 25.1. The van der Waals surface area contributed by atoms with E-state index in [1.165, 1.54) is 7.11 Å². The molecule has 1 saturated heterocycles. The average Bonchev–Trinajstić information content (AvgIpc) is 3.77. The molecule has 0 aromatic heterocycles. The van der Waals surface area contributed by atoms with Crippen LogP contribution in [-0.2, 0) is 58.9 Å². The van der Waals surface area contributed by atoms with E-state index < -0.39 is 53.9 Å². The molecule has 17 nitrogen and oxygen atoms in total. The van der Waals surface area contributed by atoms with E-state index in [0.717, 1.165) is 5.56 Å². The van der Waals surface area contributed by atoms with Crippen LogP contribution in [0.25, 0.3) is 0 Å². The molecule has 3 N–H and O–H groups in total. The second kappa shape index (κ2) is 30.5. The predicted molar refractivity (Wildman–Crippen MR) is 267 cm³/mol. The predicted octanol–water partition coefficient (Wildman–Crippen LogP) is 4.63. The topological polar surface area (TPSA) is 194 Å². The fourth-order valence-corrected chi connectivity index (χ4v) is 9.18. The van der Waals surface area contributed by atoms with Gasteiger partial charge in [0.1, 0.15) is 17.7 Å². The van der Waals surface area contributed by atoms with Gasteiger partial charge in [-0.2, -0.15) is 0 Å². The number of amides is 5. The lowest BCUT2D eigenvalue weighted by Gasteiger charge is -2.41. The van der Waals surface area contributed by atoms with Gasteiger partial charge < -0.3 is 49.4 Å². The van der Waals surface area contributed by atoms with Gasteiger partial charge in [0.25, 0.3) is 0 Å². The summed E-state index contributed by atoms with van der Waals surface area (Å²) in [4.78, 5) is 87.2. The summed E-state index contributed by atoms with van der Waals surface area (Å²) in [5.41, 5.74) is 0.345. The molecule has 1 aliphatic heterocycles. The highest BCUT2D eigenvalue weighted by Crippen LogP contribution is 2.30. The van der Waals surface area contributed by atoms with Gasteiger partial charge in [0.2, 0.25) is 29.5 Å². The number of benzene rings is 1. The number of rotatable bonds is 31. The molecule has 9 atom stereocenters. The number of carbonyl (C=O) groups excluding carboxylic acids is 6. The normalized spacial score (nSPS) is 17.7. The van der Waals surface area contributed by atoms with Crippen LogP contribution in [0.3, 0.4) is 0 Å². The molecule has 1 heterocycles. The summed E-state index contributed by atoms with van der Waals surface area (Å²) in [5.74, 6) is -2.65. The quantitative estimate of drug-likeness (QED) is 0.0691. The van der Waals surface area contributed by atoms with E-state index in [9.17, 15) is 28.8 Å². The summed E-state index contributed by atoms with van der Waals surface area (Å²) in [7, 11) is 8.50. The minimum absolute atomic E-state index is 0.0166. The average molecular weight is 975 g/mol. The van der Waals surface area contributed by atoms with Crippen molar-refractivity contribution in [3.05, 3.63) is 35.9 Å². The number of hydrogen-bond acceptors (Lipinski definition) is 12. The Balaban J connectivity index is 2.14. The summed E-state index contributed by atoms with van der Waals surface area (Å²) in [6.07, 6.45) is 1.71. The van der Waals surface area contributed by atoms with Crippen LogP contribution in [-0.4, -0.2) is 173 Å². The standard InChI is InChI=1S/C52H90N6O11/c1-16-36(6)46(57(13)51(64)44(34(2)3)55-50(63)45(35(4)5)56(11)12)41(65-14)33-42(59)58-27-20-24-40(58)47(66-15)37(7)48(61)54-39(32-38-22-18-17-19-23-38)49(62)53-26-29-68-31-30-67-28-21-25-43(60)69-52(8,9)10/h17-19,22-23,34-37,39-41,44-47H,16,20-21,24-33H2,1-15H3,(H,53,62)(H,54,61)(H,55,63)/t36-,37+,39+,40-,41+,44+,45-,46-,47+/m0/s1. The number of nitrogens with zero attached hydrogens (tertiary/aromatic N) is 3. The monoisotopic (exact) mass is 975 g/mol. The van der Waals surface area contributed by atoms with E-state index in [1.807, 2.05) is 112 Å². The number of hydrogen-bond donors (Lipinski definition) is 3. The third-order valence-corrected chi connectivity index (χ3v) is 12.9. The Labute approximate surface area is 414 Å². The van der Waals surface area contributed by atoms with Crippen molar-refractivity contribution in [2.75, 3.05) is 74.9 Å². The molecule has 394 valence electrons. The lowest BCUT2D eigenvalue weighted by atomic mass is 9.89. The zero-order chi connectivity index (χ0) is 52.0. The van der Waals surface area contributed by atoms with Gasteiger partial charge in [0.05, 0.1) is 62.5 Å². The summed E-state index contributed by atoms with van der Waals surface area (Å²) in [6, 6.07) is 6.40. The van der Waals surface area contributed by atoms with Crippen LogP contribution in [0.5, 0.6) is 0 Å². The van der Waals surface area contributed by atoms with Crippen molar-refractivity contribution in [1.82, 2.24) is 30.7 Å². The Morgan fingerprint density at radius 3 is 2.00 bits per heavy atom. The summed E-state index contributed by atoms with van der Waals surface area (Å²) in [5, 5.41) is 8.91. The maximum Gasteiger partial charge on any atom is 0.306 e. The van der Waals surface area contributed by atoms with E-state index >= 15 is 0 Å². The fourth-order valence-electron chi connectivity index (χ4n) is 9.18. The third kappa shape index (κ3) is 20.2. The smallest absolute Gasteiger partial charge is 0.306 e. The fraction of sp³-hybridized carbons (Fsp3) is 0.769. The molecule has 0 spiro atoms. The molecule has 2 rings (SSSR count). The Kier molecular flexibility index (Phi) is 27.0. The maximum atomic E-state index is 14.4. The molecule has 0 saturated carbocycles. The zero-order valence-electron chi connectivity index (χ0n) is 44.8. The molecule has 0 radical (unpaired) electrons. The van der Waals surface area contributed by atoms with E-state index in [1.54, 1.807) is 30.9 Å². The van der Waals surface area contributed by atoms with Crippen LogP contribution in [0.1, 0.15) is 113 Å². The van der Waals surface area contributed by atoms with Gasteiger partial charge in [0.15, 0.2) is 0 Å². The number of nitrogens with one attached hydrogen (secondary N) is 3. The molecule has 0 aliphatic carbocycles. The largest absolute Gasteiger partial charge is 0.460 e. The van der Waals surface area contributed by atoms with E-state index in [4.69, 9.17) is 23.7 Å². The van der Waals surface area contributed by atoms with Crippen LogP contribution in [0, 0.1) is 23.7 Å². The number of methoxy groups -OCH3 is 2. The highest BCUT2D eigenvalue weighted by molar-refractivity contribution is 5.91. The Bertz CT molecular complexity index is 1720. The van der Waals surface area contributed by atoms with Crippen LogP contribution in [0.15, 0.2) is 30.3 Å². The van der Waals surface area contributed by atoms with Gasteiger partial charge in [0, 0.05) is 53.8 Å². The molecule has 1 aliphatic rings. The Hall–Kier alpha value is -4.16. The van der Waals surface area contributed by atoms with Crippen molar-refractivity contribution in [2.24, 2.45) is 23.7 Å². The first-order valence-electron chi connectivity index (χ1n) is 25.1. The van der Waals surface area contributed by atoms with Gasteiger partial charge in [-0.15, -0.1) is 0 Å². The number of likely N-dealkylation sites (tertiary alicyclic amines) is 1. The lowest BCUT2D eigenvalue weighted by Crippen LogP contribution is -2.59. The van der Waals surface area contributed by atoms with Gasteiger partial charge in [-0.05, 0) is 77.4 Å². The molecule has 17 heteroatoms. The number of ether oxygens (including phenoxy) is 5. The van der Waals surface area contributed by atoms with Crippen molar-refractivity contribution in [3.8, 4) is 0 Å². The van der Waals surface area contributed by atoms with Crippen molar-refractivity contribution >= 4 is 35.5 Å². The van der Waals surface area contributed by atoms with Crippen molar-refractivity contribution in [3.63, 3.8) is 0 Å². The minimum Gasteiger partial charge on any atom is -0.460 e. The van der Waals surface area contributed by atoms with Gasteiger partial charge in [-0.25, -0.2) is 0 Å². The Morgan fingerprint density at radius 2 is 1.45 bits per heavy atom. The first-order chi connectivity index (χ1) is 32.5. The summed E-state index contributed by atoms with van der Waals surface area (Å²) < 4.78 is 28.6. The molecule has 0 bridgehead atoms. The molecule has 1 fully saturated rings. The second-order valence-corrected chi connectivity index (χ2v) is 20.4. The lowest BCUT2D eigenvalue weighted by molar-refractivity contribution is -0.155. The van der Waals surface area contributed by atoms with Gasteiger partial charge in [-0.3, -0.25) is 33.7 Å². The summed E-state index contributed by atoms with van der Waals surface area (Å²) in [6.45, 7) is 21.0. The minimum atomic E-state index is -0.901. The Morgan fingerprint density at radius 1 is 0.812 bits per heavy atom. The van der Waals surface area contributed by atoms with Crippen LogP contribution in [0.2, 0.25) is 0 Å². The highest BCUT2D eigenvalue weighted by atomic mass is 16.6. The van der Waals surface area contributed by atoms with Crippen molar-refractivity contribution in [1.29, 1.82) is 0 Å². The highest BCUT2D eigenvalue weighted by Gasteiger charge is 2.43. The van der Waals surface area contributed by atoms with Crippen LogP contribution < -0.4 is 16.0 Å². The van der Waals surface area contributed by atoms with E-state index in [-0.39, 0.29) is 85.7 Å². The van der Waals surface area contributed by atoms with Crippen molar-refractivity contribution in [2.45, 2.75) is 162 Å².